The molecule has 7 heteroatoms. The maximum atomic E-state index is 6.04. The van der Waals surface area contributed by atoms with Crippen molar-refractivity contribution in [2.45, 2.75) is 13.1 Å². The van der Waals surface area contributed by atoms with Gasteiger partial charge in [0.1, 0.15) is 16.5 Å². The fraction of sp³-hybridized carbons (Fsp3) is 0.211. The summed E-state index contributed by atoms with van der Waals surface area (Å²) < 4.78 is 10.7. The molecule has 1 N–H and O–H groups in total. The molecule has 1 aromatic heterocycles. The lowest BCUT2D eigenvalue weighted by molar-refractivity contribution is 0.395. The van der Waals surface area contributed by atoms with Gasteiger partial charge in [-0.15, -0.1) is 11.3 Å². The predicted octanol–water partition coefficient (Wildman–Crippen LogP) is 5.42. The molecule has 0 aliphatic heterocycles. The molecular formula is C19H18Cl2N2O2S. The number of aromatic nitrogens is 1. The third kappa shape index (κ3) is 4.48. The maximum absolute atomic E-state index is 6.04. The molecule has 0 saturated heterocycles. The van der Waals surface area contributed by atoms with Crippen LogP contribution in [0.2, 0.25) is 10.0 Å². The van der Waals surface area contributed by atoms with Crippen LogP contribution in [0.15, 0.2) is 42.6 Å². The molecule has 136 valence electrons. The highest BCUT2D eigenvalue weighted by Gasteiger charge is 2.11. The molecule has 0 saturated carbocycles. The molecule has 0 atom stereocenters. The Morgan fingerprint density at radius 1 is 1.00 bits per heavy atom. The van der Waals surface area contributed by atoms with Crippen molar-refractivity contribution in [3.8, 4) is 21.9 Å². The van der Waals surface area contributed by atoms with E-state index in [2.05, 4.69) is 10.3 Å². The summed E-state index contributed by atoms with van der Waals surface area (Å²) in [5.41, 5.74) is 2.08. The van der Waals surface area contributed by atoms with Gasteiger partial charge in [0.2, 0.25) is 0 Å². The van der Waals surface area contributed by atoms with Gasteiger partial charge in [0.15, 0.2) is 0 Å². The fourth-order valence-electron chi connectivity index (χ4n) is 2.48. The second-order valence-corrected chi connectivity index (χ2v) is 7.47. The summed E-state index contributed by atoms with van der Waals surface area (Å²) in [6.07, 6.45) is 1.87. The molecule has 0 bridgehead atoms. The lowest BCUT2D eigenvalue weighted by atomic mass is 10.1. The molecule has 3 rings (SSSR count). The molecule has 4 nitrogen and oxygen atoms in total. The molecule has 3 aromatic rings. The minimum atomic E-state index is 0.563. The van der Waals surface area contributed by atoms with Gasteiger partial charge in [0.25, 0.3) is 0 Å². The Labute approximate surface area is 166 Å². The molecule has 0 radical (unpaired) electrons. The van der Waals surface area contributed by atoms with Crippen LogP contribution >= 0.6 is 34.5 Å². The number of methoxy groups -OCH3 is 2. The van der Waals surface area contributed by atoms with Crippen LogP contribution in [0.3, 0.4) is 0 Å². The van der Waals surface area contributed by atoms with Crippen molar-refractivity contribution < 1.29 is 9.47 Å². The standard InChI is InChI=1S/C19H18Cl2N2O2S/c1-24-13-4-5-14(17(8-13)25-2)18-10-23-19(26-18)11-22-9-12-3-6-15(20)16(21)7-12/h3-8,10,22H,9,11H2,1-2H3. The van der Waals surface area contributed by atoms with E-state index in [1.165, 1.54) is 0 Å². The zero-order chi connectivity index (χ0) is 18.5. The van der Waals surface area contributed by atoms with Gasteiger partial charge in [-0.05, 0) is 29.8 Å². The molecule has 0 aliphatic rings. The second kappa shape index (κ2) is 8.73. The van der Waals surface area contributed by atoms with Gasteiger partial charge < -0.3 is 14.8 Å². The largest absolute Gasteiger partial charge is 0.497 e. The van der Waals surface area contributed by atoms with Gasteiger partial charge in [-0.2, -0.15) is 0 Å². The summed E-state index contributed by atoms with van der Waals surface area (Å²) >= 11 is 13.6. The molecule has 2 aromatic carbocycles. The monoisotopic (exact) mass is 408 g/mol. The van der Waals surface area contributed by atoms with Crippen LogP contribution in [0.25, 0.3) is 10.4 Å². The van der Waals surface area contributed by atoms with Crippen molar-refractivity contribution in [2.75, 3.05) is 14.2 Å². The average molecular weight is 409 g/mol. The normalized spacial score (nSPS) is 10.8. The van der Waals surface area contributed by atoms with E-state index in [0.29, 0.717) is 23.1 Å². The third-order valence-electron chi connectivity index (χ3n) is 3.82. The van der Waals surface area contributed by atoms with Gasteiger partial charge in [-0.25, -0.2) is 4.98 Å². The summed E-state index contributed by atoms with van der Waals surface area (Å²) in [7, 11) is 3.29. The van der Waals surface area contributed by atoms with Crippen LogP contribution in [0.1, 0.15) is 10.6 Å². The van der Waals surface area contributed by atoms with Crippen molar-refractivity contribution in [3.63, 3.8) is 0 Å². The van der Waals surface area contributed by atoms with E-state index >= 15 is 0 Å². The van der Waals surface area contributed by atoms with Crippen LogP contribution in [0.4, 0.5) is 0 Å². The van der Waals surface area contributed by atoms with Crippen molar-refractivity contribution in [3.05, 3.63) is 63.2 Å². The number of nitrogens with one attached hydrogen (secondary N) is 1. The van der Waals surface area contributed by atoms with Gasteiger partial charge in [-0.1, -0.05) is 29.3 Å². The molecule has 0 fully saturated rings. The van der Waals surface area contributed by atoms with Gasteiger partial charge >= 0.3 is 0 Å². The van der Waals surface area contributed by atoms with E-state index < -0.39 is 0 Å². The summed E-state index contributed by atoms with van der Waals surface area (Å²) in [5.74, 6) is 1.53. The Morgan fingerprint density at radius 2 is 1.85 bits per heavy atom. The van der Waals surface area contributed by atoms with Crippen LogP contribution in [-0.2, 0) is 13.1 Å². The maximum Gasteiger partial charge on any atom is 0.131 e. The topological polar surface area (TPSA) is 43.4 Å². The Kier molecular flexibility index (Phi) is 6.38. The van der Waals surface area contributed by atoms with Crippen molar-refractivity contribution in [1.29, 1.82) is 0 Å². The molecule has 26 heavy (non-hydrogen) atoms. The van der Waals surface area contributed by atoms with E-state index in [9.17, 15) is 0 Å². The number of benzene rings is 2. The number of hydrogen-bond donors (Lipinski definition) is 1. The highest BCUT2D eigenvalue weighted by atomic mass is 35.5. The zero-order valence-corrected chi connectivity index (χ0v) is 16.7. The molecule has 0 spiro atoms. The average Bonchev–Trinajstić information content (AvgIpc) is 3.12. The number of ether oxygens (including phenoxy) is 2. The van der Waals surface area contributed by atoms with Gasteiger partial charge in [0, 0.05) is 30.9 Å². The summed E-state index contributed by atoms with van der Waals surface area (Å²) in [4.78, 5) is 5.55. The van der Waals surface area contributed by atoms with Crippen LogP contribution in [0.5, 0.6) is 11.5 Å². The van der Waals surface area contributed by atoms with Crippen LogP contribution in [-0.4, -0.2) is 19.2 Å². The third-order valence-corrected chi connectivity index (χ3v) is 5.59. The smallest absolute Gasteiger partial charge is 0.131 e. The summed E-state index contributed by atoms with van der Waals surface area (Å²) in [6.45, 7) is 1.36. The van der Waals surface area contributed by atoms with Crippen LogP contribution in [0, 0.1) is 0 Å². The number of halogens is 2. The number of nitrogens with zero attached hydrogens (tertiary/aromatic N) is 1. The fourth-order valence-corrected chi connectivity index (χ4v) is 3.72. The van der Waals surface area contributed by atoms with Crippen molar-refractivity contribution in [2.24, 2.45) is 0 Å². The molecular weight excluding hydrogens is 391 g/mol. The zero-order valence-electron chi connectivity index (χ0n) is 14.4. The first kappa shape index (κ1) is 19.0. The van der Waals surface area contributed by atoms with Gasteiger partial charge in [0.05, 0.1) is 29.1 Å². The molecule has 0 unspecified atom stereocenters. The Morgan fingerprint density at radius 3 is 2.58 bits per heavy atom. The first-order valence-electron chi connectivity index (χ1n) is 7.92. The molecule has 0 amide bonds. The molecule has 1 heterocycles. The number of hydrogen-bond acceptors (Lipinski definition) is 5. The van der Waals surface area contributed by atoms with E-state index in [-0.39, 0.29) is 0 Å². The Hall–Kier alpha value is -1.79. The highest BCUT2D eigenvalue weighted by Crippen LogP contribution is 2.36. The first-order chi connectivity index (χ1) is 12.6. The number of rotatable bonds is 7. The molecule has 0 aliphatic carbocycles. The number of thiazole rings is 1. The SMILES string of the molecule is COc1ccc(-c2cnc(CNCc3ccc(Cl)c(Cl)c3)s2)c(OC)c1. The Bertz CT molecular complexity index is 899. The first-order valence-corrected chi connectivity index (χ1v) is 9.49. The van der Waals surface area contributed by atoms with E-state index in [1.54, 1.807) is 31.6 Å². The quantitative estimate of drug-likeness (QED) is 0.566. The van der Waals surface area contributed by atoms with Gasteiger partial charge in [-0.3, -0.25) is 0 Å². The highest BCUT2D eigenvalue weighted by molar-refractivity contribution is 7.15. The predicted molar refractivity (Wildman–Crippen MR) is 108 cm³/mol. The minimum Gasteiger partial charge on any atom is -0.497 e. The second-order valence-electron chi connectivity index (χ2n) is 5.54. The summed E-state index contributed by atoms with van der Waals surface area (Å²) in [6, 6.07) is 11.4. The van der Waals surface area contributed by atoms with E-state index in [4.69, 9.17) is 32.7 Å². The van der Waals surface area contributed by atoms with E-state index in [1.807, 2.05) is 36.5 Å². The van der Waals surface area contributed by atoms with Crippen LogP contribution < -0.4 is 14.8 Å². The Balaban J connectivity index is 1.65. The minimum absolute atomic E-state index is 0.563. The van der Waals surface area contributed by atoms with Crippen molar-refractivity contribution >= 4 is 34.5 Å². The lowest BCUT2D eigenvalue weighted by Gasteiger charge is -2.08. The lowest BCUT2D eigenvalue weighted by Crippen LogP contribution is -2.12. The van der Waals surface area contributed by atoms with Crippen molar-refractivity contribution in [1.82, 2.24) is 10.3 Å². The van der Waals surface area contributed by atoms with E-state index in [0.717, 1.165) is 32.5 Å². The summed E-state index contributed by atoms with van der Waals surface area (Å²) in [5, 5.41) is 5.50.